The average Bonchev–Trinajstić information content (AvgIpc) is 3.02. The van der Waals surface area contributed by atoms with E-state index in [0.29, 0.717) is 6.54 Å². The second kappa shape index (κ2) is 4.03. The number of carbonyl (C=O) groups is 1. The summed E-state index contributed by atoms with van der Waals surface area (Å²) in [6.45, 7) is 0.397. The fraction of sp³-hybridized carbons (Fsp3) is 0.0769. The quantitative estimate of drug-likeness (QED) is 0.876. The molecule has 18 heavy (non-hydrogen) atoms. The predicted molar refractivity (Wildman–Crippen MR) is 65.0 cm³/mol. The van der Waals surface area contributed by atoms with Crippen LogP contribution in [0.4, 0.5) is 5.69 Å². The lowest BCUT2D eigenvalue weighted by Crippen LogP contribution is -2.26. The minimum atomic E-state index is -0.371. The van der Waals surface area contributed by atoms with Gasteiger partial charge in [0.25, 0.3) is 5.91 Å². The van der Waals surface area contributed by atoms with Gasteiger partial charge in [0, 0.05) is 23.9 Å². The molecule has 1 aromatic heterocycles. The molecular formula is C13H10N2O3. The Hall–Kier alpha value is -2.56. The molecular weight excluding hydrogens is 232 g/mol. The molecule has 1 aromatic carbocycles. The number of carbonyl (C=O) groups excluding carboxylic acids is 1. The van der Waals surface area contributed by atoms with Crippen LogP contribution in [0.2, 0.25) is 0 Å². The van der Waals surface area contributed by atoms with Gasteiger partial charge in [-0.25, -0.2) is 0 Å². The predicted octanol–water partition coefficient (Wildman–Crippen LogP) is 2.13. The number of anilines is 1. The first kappa shape index (κ1) is 10.6. The van der Waals surface area contributed by atoms with Gasteiger partial charge in [-0.05, 0) is 18.2 Å². The van der Waals surface area contributed by atoms with Crippen LogP contribution in [0.3, 0.4) is 0 Å². The van der Waals surface area contributed by atoms with Crippen LogP contribution in [-0.4, -0.2) is 22.7 Å². The summed E-state index contributed by atoms with van der Waals surface area (Å²) in [6, 6.07) is 9.11. The van der Waals surface area contributed by atoms with E-state index in [1.807, 2.05) is 24.3 Å². The van der Waals surface area contributed by atoms with Crippen molar-refractivity contribution in [2.24, 2.45) is 0 Å². The Labute approximate surface area is 103 Å². The number of aromatic nitrogens is 1. The number of rotatable bonds is 2. The molecule has 0 saturated heterocycles. The summed E-state index contributed by atoms with van der Waals surface area (Å²) < 4.78 is 4.77. The number of hydrogen-bond acceptors (Lipinski definition) is 4. The van der Waals surface area contributed by atoms with Crippen molar-refractivity contribution in [1.29, 1.82) is 0 Å². The molecule has 3 rings (SSSR count). The molecule has 0 fully saturated rings. The van der Waals surface area contributed by atoms with E-state index < -0.39 is 0 Å². The summed E-state index contributed by atoms with van der Waals surface area (Å²) in [4.78, 5) is 13.1. The number of nitrogens with zero attached hydrogens (tertiary/aromatic N) is 2. The van der Waals surface area contributed by atoms with Crippen LogP contribution in [0.25, 0.3) is 11.3 Å². The Kier molecular flexibility index (Phi) is 2.37. The van der Waals surface area contributed by atoms with Crippen molar-refractivity contribution >= 4 is 11.6 Å². The number of benzene rings is 1. The number of aliphatic hydroxyl groups is 1. The molecule has 1 aliphatic rings. The van der Waals surface area contributed by atoms with Crippen molar-refractivity contribution in [3.8, 4) is 11.3 Å². The van der Waals surface area contributed by atoms with Crippen LogP contribution >= 0.6 is 0 Å². The third-order valence-electron chi connectivity index (χ3n) is 2.84. The van der Waals surface area contributed by atoms with Gasteiger partial charge in [-0.1, -0.05) is 17.3 Å². The van der Waals surface area contributed by atoms with Gasteiger partial charge >= 0.3 is 0 Å². The van der Waals surface area contributed by atoms with Crippen molar-refractivity contribution in [2.75, 3.05) is 11.4 Å². The van der Waals surface area contributed by atoms with Crippen molar-refractivity contribution in [2.45, 2.75) is 0 Å². The van der Waals surface area contributed by atoms with Crippen LogP contribution in [0, 0.1) is 0 Å². The Bertz CT molecular complexity index is 600. The maximum Gasteiger partial charge on any atom is 0.293 e. The molecule has 0 bridgehead atoms. The first-order valence-electron chi connectivity index (χ1n) is 5.47. The Morgan fingerprint density at radius 3 is 2.56 bits per heavy atom. The highest BCUT2D eigenvalue weighted by Crippen LogP contribution is 2.24. The maximum atomic E-state index is 11.6. The molecule has 5 nitrogen and oxygen atoms in total. The minimum absolute atomic E-state index is 0.199. The van der Waals surface area contributed by atoms with Gasteiger partial charge in [-0.2, -0.15) is 0 Å². The van der Waals surface area contributed by atoms with Gasteiger partial charge in [-0.3, -0.25) is 4.79 Å². The van der Waals surface area contributed by atoms with Crippen LogP contribution in [0.5, 0.6) is 0 Å². The van der Waals surface area contributed by atoms with Crippen LogP contribution < -0.4 is 4.90 Å². The second-order valence-corrected chi connectivity index (χ2v) is 3.94. The van der Waals surface area contributed by atoms with Crippen molar-refractivity contribution in [3.63, 3.8) is 0 Å². The van der Waals surface area contributed by atoms with E-state index in [0.717, 1.165) is 16.9 Å². The number of amides is 1. The first-order chi connectivity index (χ1) is 8.75. The van der Waals surface area contributed by atoms with Crippen LogP contribution in [0.1, 0.15) is 0 Å². The normalized spacial score (nSPS) is 15.0. The summed E-state index contributed by atoms with van der Waals surface area (Å²) in [7, 11) is 0. The van der Waals surface area contributed by atoms with Crippen LogP contribution in [0.15, 0.2) is 53.0 Å². The third kappa shape index (κ3) is 1.66. The standard InChI is InChI=1S/C13H10N2O3/c16-12-5-7-15(13(12)17)10-3-1-9(2-4-10)11-6-8-18-14-11/h1-6,8,16H,7H2. The van der Waals surface area contributed by atoms with Gasteiger partial charge in [0.1, 0.15) is 12.0 Å². The molecule has 0 radical (unpaired) electrons. The Morgan fingerprint density at radius 2 is 2.00 bits per heavy atom. The van der Waals surface area contributed by atoms with E-state index in [4.69, 9.17) is 4.52 Å². The lowest BCUT2D eigenvalue weighted by atomic mass is 10.1. The van der Waals surface area contributed by atoms with Gasteiger partial charge in [0.05, 0.1) is 0 Å². The highest BCUT2D eigenvalue weighted by atomic mass is 16.5. The van der Waals surface area contributed by atoms with Crippen molar-refractivity contribution in [3.05, 3.63) is 48.4 Å². The molecule has 0 atom stereocenters. The van der Waals surface area contributed by atoms with Gasteiger partial charge in [0.15, 0.2) is 5.76 Å². The summed E-state index contributed by atoms with van der Waals surface area (Å²) in [5.41, 5.74) is 2.40. The molecule has 0 unspecified atom stereocenters. The zero-order valence-corrected chi connectivity index (χ0v) is 9.41. The second-order valence-electron chi connectivity index (χ2n) is 3.94. The fourth-order valence-electron chi connectivity index (χ4n) is 1.88. The van der Waals surface area contributed by atoms with E-state index in [-0.39, 0.29) is 11.7 Å². The minimum Gasteiger partial charge on any atom is -0.503 e. The number of aliphatic hydroxyl groups excluding tert-OH is 1. The maximum absolute atomic E-state index is 11.6. The molecule has 2 aromatic rings. The van der Waals surface area contributed by atoms with Gasteiger partial charge in [-0.15, -0.1) is 0 Å². The van der Waals surface area contributed by atoms with E-state index in [1.165, 1.54) is 17.2 Å². The fourth-order valence-corrected chi connectivity index (χ4v) is 1.88. The van der Waals surface area contributed by atoms with E-state index in [2.05, 4.69) is 5.16 Å². The highest BCUT2D eigenvalue weighted by Gasteiger charge is 2.24. The summed E-state index contributed by atoms with van der Waals surface area (Å²) in [5.74, 6) is -0.570. The Morgan fingerprint density at radius 1 is 1.22 bits per heavy atom. The van der Waals surface area contributed by atoms with E-state index >= 15 is 0 Å². The molecule has 0 spiro atoms. The van der Waals surface area contributed by atoms with E-state index in [1.54, 1.807) is 6.07 Å². The Balaban J connectivity index is 1.86. The van der Waals surface area contributed by atoms with E-state index in [9.17, 15) is 9.90 Å². The lowest BCUT2D eigenvalue weighted by Gasteiger charge is -2.15. The molecule has 90 valence electrons. The summed E-state index contributed by atoms with van der Waals surface area (Å²) in [6.07, 6.45) is 3.00. The van der Waals surface area contributed by atoms with Crippen molar-refractivity contribution in [1.82, 2.24) is 5.16 Å². The summed E-state index contributed by atoms with van der Waals surface area (Å²) in [5, 5.41) is 13.1. The average molecular weight is 242 g/mol. The molecule has 2 heterocycles. The smallest absolute Gasteiger partial charge is 0.293 e. The van der Waals surface area contributed by atoms with Gasteiger partial charge in [0.2, 0.25) is 0 Å². The molecule has 1 N–H and O–H groups in total. The zero-order valence-electron chi connectivity index (χ0n) is 9.41. The zero-order chi connectivity index (χ0) is 12.5. The topological polar surface area (TPSA) is 66.6 Å². The largest absolute Gasteiger partial charge is 0.503 e. The third-order valence-corrected chi connectivity index (χ3v) is 2.84. The molecule has 0 saturated carbocycles. The summed E-state index contributed by atoms with van der Waals surface area (Å²) >= 11 is 0. The molecule has 1 amide bonds. The molecule has 5 heteroatoms. The van der Waals surface area contributed by atoms with Crippen LogP contribution in [-0.2, 0) is 4.79 Å². The first-order valence-corrected chi connectivity index (χ1v) is 5.47. The number of hydrogen-bond donors (Lipinski definition) is 1. The SMILES string of the molecule is O=C1C(O)=CCN1c1ccc(-c2ccon2)cc1. The molecule has 0 aliphatic carbocycles. The highest BCUT2D eigenvalue weighted by molar-refractivity contribution is 6.06. The van der Waals surface area contributed by atoms with Crippen molar-refractivity contribution < 1.29 is 14.4 Å². The molecule has 1 aliphatic heterocycles. The van der Waals surface area contributed by atoms with Gasteiger partial charge < -0.3 is 14.5 Å². The monoisotopic (exact) mass is 242 g/mol. The lowest BCUT2D eigenvalue weighted by molar-refractivity contribution is -0.116.